The lowest BCUT2D eigenvalue weighted by molar-refractivity contribution is -0.373. The molecule has 2 N–H and O–H groups in total. The highest BCUT2D eigenvalue weighted by atomic mass is 16.8. The molecule has 330 valence electrons. The Bertz CT molecular complexity index is 1750. The van der Waals surface area contributed by atoms with E-state index in [-0.39, 0.29) is 19.8 Å². The first-order valence-corrected chi connectivity index (χ1v) is 19.1. The summed E-state index contributed by atoms with van der Waals surface area (Å²) in [7, 11) is 2.35. The number of esters is 5. The number of hydrogen-bond donors (Lipinski definition) is 2. The first-order valence-electron chi connectivity index (χ1n) is 19.1. The molecule has 1 amide bonds. The highest BCUT2D eigenvalue weighted by molar-refractivity contribution is 5.79. The Labute approximate surface area is 347 Å². The van der Waals surface area contributed by atoms with E-state index in [1.807, 2.05) is 36.4 Å². The molecule has 2 fully saturated rings. The van der Waals surface area contributed by atoms with Crippen LogP contribution in [0, 0.1) is 0 Å². The number of amides is 1. The maximum atomic E-state index is 14.3. The number of aliphatic hydroxyl groups excluding tert-OH is 1. The van der Waals surface area contributed by atoms with Gasteiger partial charge in [-0.15, -0.1) is 0 Å². The van der Waals surface area contributed by atoms with Gasteiger partial charge >= 0.3 is 29.8 Å². The van der Waals surface area contributed by atoms with Gasteiger partial charge in [0.2, 0.25) is 5.91 Å². The van der Waals surface area contributed by atoms with Gasteiger partial charge in [0.25, 0.3) is 5.79 Å². The number of aliphatic hydroxyl groups is 1. The van der Waals surface area contributed by atoms with Gasteiger partial charge in [0.15, 0.2) is 18.5 Å². The second-order valence-corrected chi connectivity index (χ2v) is 14.0. The quantitative estimate of drug-likeness (QED) is 0.150. The fourth-order valence-electron chi connectivity index (χ4n) is 6.90. The molecule has 60 heavy (non-hydrogen) atoms. The van der Waals surface area contributed by atoms with E-state index in [4.69, 9.17) is 52.1 Å². The second-order valence-electron chi connectivity index (χ2n) is 14.0. The zero-order valence-corrected chi connectivity index (χ0v) is 34.5. The second kappa shape index (κ2) is 22.5. The molecule has 2 heterocycles. The summed E-state index contributed by atoms with van der Waals surface area (Å²) in [5.74, 6) is -8.15. The molecule has 19 nitrogen and oxygen atoms in total. The third-order valence-electron chi connectivity index (χ3n) is 9.35. The largest absolute Gasteiger partial charge is 0.465 e. The highest BCUT2D eigenvalue weighted by Gasteiger charge is 2.62. The van der Waals surface area contributed by atoms with Gasteiger partial charge < -0.3 is 62.5 Å². The minimum atomic E-state index is -2.69. The van der Waals surface area contributed by atoms with E-state index in [2.05, 4.69) is 5.32 Å². The molecule has 0 unspecified atom stereocenters. The summed E-state index contributed by atoms with van der Waals surface area (Å²) in [4.78, 5) is 76.8. The summed E-state index contributed by atoms with van der Waals surface area (Å²) in [6, 6.07) is 16.7. The highest BCUT2D eigenvalue weighted by Crippen LogP contribution is 2.40. The number of ether oxygens (including phenoxy) is 11. The normalized spacial score (nSPS) is 27.3. The SMILES string of the molecule is COC(=O)[C@@]1(O[C@H]2[C@@H](O)[C@@H](COCc3ccccc3)O[C@@H](OC)[C@@H]2OCc2ccccc2)C[C@H](OC(C)=O)[C@@H](NC(C)=O)[C@H]([C@H](OC(C)=O)[C@@H](COC(C)=O)OC(C)=O)O1. The number of rotatable bonds is 19. The van der Waals surface area contributed by atoms with Gasteiger partial charge in [-0.05, 0) is 11.1 Å². The molecule has 19 heteroatoms. The lowest BCUT2D eigenvalue weighted by atomic mass is 9.87. The molecule has 2 saturated heterocycles. The fraction of sp³-hybridized carbons (Fsp3) is 0.561. The van der Waals surface area contributed by atoms with Gasteiger partial charge in [-0.3, -0.25) is 24.0 Å². The van der Waals surface area contributed by atoms with Gasteiger partial charge in [0, 0.05) is 41.7 Å². The Morgan fingerprint density at radius 3 is 1.97 bits per heavy atom. The monoisotopic (exact) mass is 847 g/mol. The van der Waals surface area contributed by atoms with Crippen molar-refractivity contribution in [1.29, 1.82) is 0 Å². The van der Waals surface area contributed by atoms with Crippen LogP contribution in [-0.2, 0) is 94.1 Å². The molecule has 2 aliphatic heterocycles. The third kappa shape index (κ3) is 13.2. The van der Waals surface area contributed by atoms with Crippen LogP contribution in [0.25, 0.3) is 0 Å². The molecule has 2 aromatic rings. The smallest absolute Gasteiger partial charge is 0.366 e. The Balaban J connectivity index is 1.86. The summed E-state index contributed by atoms with van der Waals surface area (Å²) in [5, 5.41) is 14.7. The van der Waals surface area contributed by atoms with E-state index in [0.717, 1.165) is 47.3 Å². The summed E-state index contributed by atoms with van der Waals surface area (Å²) >= 11 is 0. The minimum Gasteiger partial charge on any atom is -0.465 e. The van der Waals surface area contributed by atoms with Crippen LogP contribution in [0.5, 0.6) is 0 Å². The van der Waals surface area contributed by atoms with Crippen molar-refractivity contribution in [3.63, 3.8) is 0 Å². The predicted octanol–water partition coefficient (Wildman–Crippen LogP) is 1.43. The number of carbonyl (C=O) groups is 6. The van der Waals surface area contributed by atoms with Gasteiger partial charge in [0.05, 0.1) is 39.4 Å². The number of nitrogens with one attached hydrogen (secondary N) is 1. The number of carbonyl (C=O) groups excluding carboxylic acids is 6. The molecule has 0 aliphatic carbocycles. The summed E-state index contributed by atoms with van der Waals surface area (Å²) < 4.78 is 64.4. The molecule has 0 aromatic heterocycles. The van der Waals surface area contributed by atoms with Crippen LogP contribution in [0.1, 0.15) is 52.2 Å². The van der Waals surface area contributed by atoms with Crippen molar-refractivity contribution in [2.24, 2.45) is 0 Å². The Kier molecular flexibility index (Phi) is 17.9. The number of methoxy groups -OCH3 is 2. The third-order valence-corrected chi connectivity index (χ3v) is 9.35. The Hall–Kier alpha value is -5.02. The van der Waals surface area contributed by atoms with E-state index < -0.39 is 116 Å². The predicted molar refractivity (Wildman–Crippen MR) is 203 cm³/mol. The molecule has 11 atom stereocenters. The van der Waals surface area contributed by atoms with Crippen LogP contribution in [0.4, 0.5) is 0 Å². The first kappa shape index (κ1) is 47.7. The summed E-state index contributed by atoms with van der Waals surface area (Å²) in [6.07, 6.45) is -14.5. The summed E-state index contributed by atoms with van der Waals surface area (Å²) in [6.45, 7) is 4.54. The van der Waals surface area contributed by atoms with E-state index in [1.54, 1.807) is 24.3 Å². The lowest BCUT2D eigenvalue weighted by Crippen LogP contribution is -2.71. The standard InChI is InChI=1S/C41H53NO18/c1-23(43)42-33-30(55-25(3)45)18-41(40(49)51-7,59-36(33)35(57-27(5)47)32(56-26(4)46)22-53-24(2)44)60-37-34(48)31(21-52-19-28-14-10-8-11-15-28)58-39(50-6)38(37)54-20-29-16-12-9-13-17-29/h8-17,30-39,48H,18-22H2,1-7H3,(H,42,43)/t30-,31+,32+,33+,34-,35+,36+,37-,38+,39+,41-/m0/s1. The van der Waals surface area contributed by atoms with Crippen LogP contribution in [0.3, 0.4) is 0 Å². The van der Waals surface area contributed by atoms with Crippen molar-refractivity contribution in [3.05, 3.63) is 71.8 Å². The molecule has 0 bridgehead atoms. The zero-order chi connectivity index (χ0) is 44.0. The molecule has 0 spiro atoms. The summed E-state index contributed by atoms with van der Waals surface area (Å²) in [5.41, 5.74) is 1.55. The molecular formula is C41H53NO18. The fourth-order valence-corrected chi connectivity index (χ4v) is 6.90. The molecule has 0 saturated carbocycles. The topological polar surface area (TPSA) is 236 Å². The van der Waals surface area contributed by atoms with E-state index >= 15 is 0 Å². The van der Waals surface area contributed by atoms with Crippen molar-refractivity contribution >= 4 is 35.8 Å². The lowest BCUT2D eigenvalue weighted by Gasteiger charge is -2.51. The van der Waals surface area contributed by atoms with Crippen LogP contribution < -0.4 is 5.32 Å². The van der Waals surface area contributed by atoms with E-state index in [0.29, 0.717) is 5.56 Å². The van der Waals surface area contributed by atoms with Crippen LogP contribution in [-0.4, -0.2) is 135 Å². The van der Waals surface area contributed by atoms with Gasteiger partial charge in [0.1, 0.15) is 43.2 Å². The molecule has 2 aliphatic rings. The van der Waals surface area contributed by atoms with E-state index in [1.165, 1.54) is 7.11 Å². The van der Waals surface area contributed by atoms with Crippen molar-refractivity contribution in [2.45, 2.75) is 121 Å². The van der Waals surface area contributed by atoms with Crippen LogP contribution >= 0.6 is 0 Å². The maximum absolute atomic E-state index is 14.3. The van der Waals surface area contributed by atoms with Crippen LogP contribution in [0.2, 0.25) is 0 Å². The van der Waals surface area contributed by atoms with Crippen molar-refractivity contribution < 1.29 is 86.0 Å². The maximum Gasteiger partial charge on any atom is 0.366 e. The Morgan fingerprint density at radius 2 is 1.43 bits per heavy atom. The molecule has 4 rings (SSSR count). The average Bonchev–Trinajstić information content (AvgIpc) is 3.20. The van der Waals surface area contributed by atoms with Crippen molar-refractivity contribution in [1.82, 2.24) is 5.32 Å². The minimum absolute atomic E-state index is 0.0550. The first-order chi connectivity index (χ1) is 28.6. The van der Waals surface area contributed by atoms with E-state index in [9.17, 15) is 33.9 Å². The van der Waals surface area contributed by atoms with Crippen molar-refractivity contribution in [3.8, 4) is 0 Å². The molecular weight excluding hydrogens is 794 g/mol. The zero-order valence-electron chi connectivity index (χ0n) is 34.5. The van der Waals surface area contributed by atoms with Gasteiger partial charge in [-0.25, -0.2) is 4.79 Å². The van der Waals surface area contributed by atoms with Gasteiger partial charge in [-0.1, -0.05) is 60.7 Å². The van der Waals surface area contributed by atoms with Crippen LogP contribution in [0.15, 0.2) is 60.7 Å². The molecule has 2 aromatic carbocycles. The number of benzene rings is 2. The van der Waals surface area contributed by atoms with Crippen molar-refractivity contribution in [2.75, 3.05) is 27.4 Å². The Morgan fingerprint density at radius 1 is 0.817 bits per heavy atom. The average molecular weight is 848 g/mol. The molecule has 0 radical (unpaired) electrons. The van der Waals surface area contributed by atoms with Gasteiger partial charge in [-0.2, -0.15) is 0 Å². The number of hydrogen-bond acceptors (Lipinski definition) is 18.